The highest BCUT2D eigenvalue weighted by Crippen LogP contribution is 2.42. The van der Waals surface area contributed by atoms with Gasteiger partial charge in [-0.15, -0.1) is 0 Å². The van der Waals surface area contributed by atoms with E-state index in [-0.39, 0.29) is 10.8 Å². The quantitative estimate of drug-likeness (QED) is 0.317. The largest absolute Gasteiger partial charge is 0.507 e. The fourth-order valence-electron chi connectivity index (χ4n) is 5.05. The first-order chi connectivity index (χ1) is 13.9. The van der Waals surface area contributed by atoms with Crippen molar-refractivity contribution in [2.45, 2.75) is 144 Å². The lowest BCUT2D eigenvalue weighted by molar-refractivity contribution is 0.283. The molecule has 0 aliphatic rings. The first kappa shape index (κ1) is 27.1. The maximum absolute atomic E-state index is 11.1. The molecular formula is C29H52O. The van der Waals surface area contributed by atoms with Gasteiger partial charge in [0.05, 0.1) is 0 Å². The van der Waals surface area contributed by atoms with Gasteiger partial charge in [0.15, 0.2) is 0 Å². The number of unbranched alkanes of at least 4 members (excludes halogenated alkanes) is 7. The highest BCUT2D eigenvalue weighted by Gasteiger charge is 2.29. The molecule has 1 aromatic carbocycles. The molecule has 0 fully saturated rings. The Labute approximate surface area is 189 Å². The average molecular weight is 417 g/mol. The van der Waals surface area contributed by atoms with E-state index in [0.29, 0.717) is 17.6 Å². The molecule has 1 unspecified atom stereocenters. The molecule has 0 radical (unpaired) electrons. The summed E-state index contributed by atoms with van der Waals surface area (Å²) in [5.41, 5.74) is 4.05. The van der Waals surface area contributed by atoms with Crippen LogP contribution in [0.5, 0.6) is 5.75 Å². The van der Waals surface area contributed by atoms with Crippen LogP contribution in [-0.4, -0.2) is 5.11 Å². The lowest BCUT2D eigenvalue weighted by Crippen LogP contribution is -2.25. The first-order valence-corrected chi connectivity index (χ1v) is 12.8. The monoisotopic (exact) mass is 416 g/mol. The van der Waals surface area contributed by atoms with Crippen molar-refractivity contribution < 1.29 is 5.11 Å². The van der Waals surface area contributed by atoms with Crippen LogP contribution in [0.25, 0.3) is 0 Å². The molecule has 0 saturated carbocycles. The fourth-order valence-corrected chi connectivity index (χ4v) is 5.05. The van der Waals surface area contributed by atoms with E-state index in [0.717, 1.165) is 12.0 Å². The van der Waals surface area contributed by atoms with Gasteiger partial charge < -0.3 is 5.11 Å². The van der Waals surface area contributed by atoms with Gasteiger partial charge in [0.25, 0.3) is 0 Å². The van der Waals surface area contributed by atoms with Crippen molar-refractivity contribution in [3.63, 3.8) is 0 Å². The summed E-state index contributed by atoms with van der Waals surface area (Å²) in [6, 6.07) is 4.60. The summed E-state index contributed by atoms with van der Waals surface area (Å²) in [5, 5.41) is 11.1. The van der Waals surface area contributed by atoms with Crippen LogP contribution in [0, 0.1) is 5.41 Å². The maximum atomic E-state index is 11.1. The Kier molecular flexibility index (Phi) is 11.0. The van der Waals surface area contributed by atoms with E-state index in [9.17, 15) is 5.11 Å². The Morgan fingerprint density at radius 1 is 0.767 bits per heavy atom. The van der Waals surface area contributed by atoms with Gasteiger partial charge in [-0.3, -0.25) is 0 Å². The summed E-state index contributed by atoms with van der Waals surface area (Å²) >= 11 is 0. The van der Waals surface area contributed by atoms with Crippen LogP contribution in [0.15, 0.2) is 12.1 Å². The zero-order valence-electron chi connectivity index (χ0n) is 21.8. The van der Waals surface area contributed by atoms with Gasteiger partial charge in [-0.25, -0.2) is 0 Å². The minimum Gasteiger partial charge on any atom is -0.507 e. The first-order valence-electron chi connectivity index (χ1n) is 12.8. The topological polar surface area (TPSA) is 20.2 Å². The number of rotatable bonds is 13. The van der Waals surface area contributed by atoms with E-state index in [1.54, 1.807) is 0 Å². The number of phenolic OH excluding ortho intramolecular Hbond substituents is 1. The summed E-state index contributed by atoms with van der Waals surface area (Å²) in [5.74, 6) is 1.30. The van der Waals surface area contributed by atoms with Crippen molar-refractivity contribution in [3.05, 3.63) is 28.8 Å². The molecular weight excluding hydrogens is 364 g/mol. The summed E-state index contributed by atoms with van der Waals surface area (Å²) in [6.45, 7) is 20.7. The van der Waals surface area contributed by atoms with E-state index < -0.39 is 0 Å². The summed E-state index contributed by atoms with van der Waals surface area (Å²) in [7, 11) is 0. The average Bonchev–Trinajstić information content (AvgIpc) is 2.61. The second kappa shape index (κ2) is 12.2. The molecule has 0 aliphatic carbocycles. The van der Waals surface area contributed by atoms with Crippen LogP contribution in [-0.2, 0) is 5.41 Å². The number of hydrogen-bond acceptors (Lipinski definition) is 1. The van der Waals surface area contributed by atoms with Crippen molar-refractivity contribution in [1.82, 2.24) is 0 Å². The summed E-state index contributed by atoms with van der Waals surface area (Å²) < 4.78 is 0. The lowest BCUT2D eigenvalue weighted by Gasteiger charge is -2.34. The Balaban J connectivity index is 2.88. The molecule has 0 aromatic heterocycles. The van der Waals surface area contributed by atoms with Gasteiger partial charge in [-0.05, 0) is 52.2 Å². The molecule has 1 atom stereocenters. The van der Waals surface area contributed by atoms with Gasteiger partial charge in [-0.2, -0.15) is 0 Å². The van der Waals surface area contributed by atoms with Crippen molar-refractivity contribution in [2.24, 2.45) is 5.41 Å². The molecule has 0 bridgehead atoms. The van der Waals surface area contributed by atoms with Crippen molar-refractivity contribution >= 4 is 0 Å². The standard InChI is InChI=1S/C29H52O/c1-10-11-12-13-14-15-16-17-18-23(4)26-20-24(19-25(22(2)3)27(26)30)29(8,9)21-28(5,6)7/h19-20,22-23,30H,10-18,21H2,1-9H3. The number of hydrogen-bond donors (Lipinski definition) is 1. The second-order valence-corrected chi connectivity index (χ2v) is 11.9. The third kappa shape index (κ3) is 9.03. The van der Waals surface area contributed by atoms with Gasteiger partial charge in [0.1, 0.15) is 5.75 Å². The molecule has 174 valence electrons. The molecule has 1 heteroatoms. The van der Waals surface area contributed by atoms with Crippen LogP contribution in [0.3, 0.4) is 0 Å². The third-order valence-electron chi connectivity index (χ3n) is 6.57. The predicted molar refractivity (Wildman–Crippen MR) is 135 cm³/mol. The third-order valence-corrected chi connectivity index (χ3v) is 6.57. The molecule has 30 heavy (non-hydrogen) atoms. The van der Waals surface area contributed by atoms with E-state index in [1.165, 1.54) is 68.9 Å². The Morgan fingerprint density at radius 2 is 1.27 bits per heavy atom. The lowest BCUT2D eigenvalue weighted by atomic mass is 9.71. The maximum Gasteiger partial charge on any atom is 0.122 e. The Morgan fingerprint density at radius 3 is 1.77 bits per heavy atom. The molecule has 0 heterocycles. The van der Waals surface area contributed by atoms with E-state index >= 15 is 0 Å². The molecule has 0 spiro atoms. The molecule has 0 saturated heterocycles. The van der Waals surface area contributed by atoms with Crippen LogP contribution >= 0.6 is 0 Å². The molecule has 1 aromatic rings. The summed E-state index contributed by atoms with van der Waals surface area (Å²) in [6.07, 6.45) is 13.1. The normalized spacial score (nSPS) is 13.8. The summed E-state index contributed by atoms with van der Waals surface area (Å²) in [4.78, 5) is 0. The molecule has 1 N–H and O–H groups in total. The number of benzene rings is 1. The Bertz CT molecular complexity index is 618. The van der Waals surface area contributed by atoms with Crippen LogP contribution in [0.4, 0.5) is 0 Å². The van der Waals surface area contributed by atoms with Gasteiger partial charge in [-0.1, -0.05) is 126 Å². The second-order valence-electron chi connectivity index (χ2n) is 11.9. The van der Waals surface area contributed by atoms with E-state index in [1.807, 2.05) is 0 Å². The van der Waals surface area contributed by atoms with Crippen molar-refractivity contribution in [3.8, 4) is 5.75 Å². The van der Waals surface area contributed by atoms with Crippen molar-refractivity contribution in [1.29, 1.82) is 0 Å². The molecule has 1 rings (SSSR count). The highest BCUT2D eigenvalue weighted by molar-refractivity contribution is 5.48. The van der Waals surface area contributed by atoms with Crippen LogP contribution < -0.4 is 0 Å². The van der Waals surface area contributed by atoms with Gasteiger partial charge in [0, 0.05) is 0 Å². The van der Waals surface area contributed by atoms with Crippen LogP contribution in [0.2, 0.25) is 0 Å². The smallest absolute Gasteiger partial charge is 0.122 e. The Hall–Kier alpha value is -0.980. The minimum atomic E-state index is 0.0998. The predicted octanol–water partition coefficient (Wildman–Crippen LogP) is 9.86. The van der Waals surface area contributed by atoms with Crippen LogP contribution in [0.1, 0.15) is 155 Å². The molecule has 1 nitrogen and oxygen atoms in total. The molecule has 0 amide bonds. The molecule has 0 aliphatic heterocycles. The zero-order chi connectivity index (χ0) is 22.9. The number of aromatic hydroxyl groups is 1. The van der Waals surface area contributed by atoms with Crippen molar-refractivity contribution in [2.75, 3.05) is 0 Å². The number of phenols is 1. The van der Waals surface area contributed by atoms with E-state index in [2.05, 4.69) is 74.4 Å². The van der Waals surface area contributed by atoms with Gasteiger partial charge >= 0.3 is 0 Å². The van der Waals surface area contributed by atoms with Gasteiger partial charge in [0.2, 0.25) is 0 Å². The minimum absolute atomic E-state index is 0.0998. The SMILES string of the molecule is CCCCCCCCCCC(C)c1cc(C(C)(C)CC(C)(C)C)cc(C(C)C)c1O. The van der Waals surface area contributed by atoms with E-state index in [4.69, 9.17) is 0 Å². The highest BCUT2D eigenvalue weighted by atomic mass is 16.3. The fraction of sp³-hybridized carbons (Fsp3) is 0.793. The zero-order valence-corrected chi connectivity index (χ0v) is 21.8.